The molecule has 1 heterocycles. The summed E-state index contributed by atoms with van der Waals surface area (Å²) in [7, 11) is 0. The molecule has 1 N–H and O–H groups in total. The Hall–Kier alpha value is -0.710. The van der Waals surface area contributed by atoms with Gasteiger partial charge in [0.25, 0.3) is 5.00 Å². The first-order valence-electron chi connectivity index (χ1n) is 2.94. The molecule has 6 heteroatoms. The first-order chi connectivity index (χ1) is 5.38. The molecule has 0 aromatic heterocycles. The van der Waals surface area contributed by atoms with Crippen molar-refractivity contribution >= 4 is 11.6 Å². The highest BCUT2D eigenvalue weighted by Gasteiger charge is 2.57. The lowest BCUT2D eigenvalue weighted by molar-refractivity contribution is -0.161. The number of halogens is 5. The summed E-state index contributed by atoms with van der Waals surface area (Å²) in [5.41, 5.74) is 0. The van der Waals surface area contributed by atoms with E-state index in [0.717, 1.165) is 12.3 Å². The SMILES string of the molecule is FC1=CC=CNC1(Cl)C(F)(F)F. The molecule has 0 fully saturated rings. The molecule has 0 amide bonds. The summed E-state index contributed by atoms with van der Waals surface area (Å²) in [5.74, 6) is -1.46. The van der Waals surface area contributed by atoms with E-state index in [2.05, 4.69) is 0 Å². The van der Waals surface area contributed by atoms with Crippen LogP contribution in [0.4, 0.5) is 17.6 Å². The molecule has 12 heavy (non-hydrogen) atoms. The van der Waals surface area contributed by atoms with Crippen molar-refractivity contribution in [2.75, 3.05) is 0 Å². The fourth-order valence-electron chi connectivity index (χ4n) is 0.697. The second-order valence-electron chi connectivity index (χ2n) is 2.17. The van der Waals surface area contributed by atoms with Crippen LogP contribution < -0.4 is 5.32 Å². The lowest BCUT2D eigenvalue weighted by Gasteiger charge is -2.29. The minimum absolute atomic E-state index is 0.664. The van der Waals surface area contributed by atoms with Crippen molar-refractivity contribution in [1.82, 2.24) is 5.32 Å². The zero-order chi connectivity index (χ0) is 9.41. The normalized spacial score (nSPS) is 29.6. The third kappa shape index (κ3) is 1.29. The van der Waals surface area contributed by atoms with Gasteiger partial charge in [-0.2, -0.15) is 13.2 Å². The van der Waals surface area contributed by atoms with Crippen molar-refractivity contribution < 1.29 is 17.6 Å². The third-order valence-corrected chi connectivity index (χ3v) is 1.84. The molecule has 0 spiro atoms. The highest BCUT2D eigenvalue weighted by atomic mass is 35.5. The predicted octanol–water partition coefficient (Wildman–Crippen LogP) is 2.45. The van der Waals surface area contributed by atoms with Crippen LogP contribution in [0.25, 0.3) is 0 Å². The van der Waals surface area contributed by atoms with Crippen molar-refractivity contribution in [3.8, 4) is 0 Å². The van der Waals surface area contributed by atoms with Gasteiger partial charge in [0.1, 0.15) is 0 Å². The Balaban J connectivity index is 3.01. The van der Waals surface area contributed by atoms with Gasteiger partial charge in [-0.1, -0.05) is 11.6 Å². The van der Waals surface area contributed by atoms with Gasteiger partial charge < -0.3 is 5.32 Å². The maximum Gasteiger partial charge on any atom is 0.432 e. The Kier molecular flexibility index (Phi) is 2.07. The topological polar surface area (TPSA) is 12.0 Å². The van der Waals surface area contributed by atoms with Gasteiger partial charge in [-0.05, 0) is 18.4 Å². The third-order valence-electron chi connectivity index (χ3n) is 1.34. The molecule has 0 aromatic carbocycles. The molecule has 1 rings (SSSR count). The number of rotatable bonds is 0. The fourth-order valence-corrected chi connectivity index (χ4v) is 0.823. The number of hydrogen-bond acceptors (Lipinski definition) is 1. The lowest BCUT2D eigenvalue weighted by atomic mass is 10.2. The smallest absolute Gasteiger partial charge is 0.360 e. The van der Waals surface area contributed by atoms with E-state index >= 15 is 0 Å². The maximum atomic E-state index is 12.6. The number of alkyl halides is 4. The van der Waals surface area contributed by atoms with Crippen LogP contribution >= 0.6 is 11.6 Å². The van der Waals surface area contributed by atoms with Gasteiger partial charge in [0, 0.05) is 0 Å². The largest absolute Gasteiger partial charge is 0.432 e. The van der Waals surface area contributed by atoms with Crippen LogP contribution in [0.5, 0.6) is 0 Å². The number of allylic oxidation sites excluding steroid dienone is 2. The summed E-state index contributed by atoms with van der Waals surface area (Å²) in [6, 6.07) is 0. The van der Waals surface area contributed by atoms with E-state index < -0.39 is 17.0 Å². The maximum absolute atomic E-state index is 12.6. The van der Waals surface area contributed by atoms with Crippen LogP contribution in [0.2, 0.25) is 0 Å². The van der Waals surface area contributed by atoms with Crippen LogP contribution in [0, 0.1) is 0 Å². The Labute approximate surface area is 70.7 Å². The fraction of sp³-hybridized carbons (Fsp3) is 0.333. The summed E-state index contributed by atoms with van der Waals surface area (Å²) < 4.78 is 48.8. The predicted molar refractivity (Wildman–Crippen MR) is 36.1 cm³/mol. The van der Waals surface area contributed by atoms with E-state index in [9.17, 15) is 17.6 Å². The lowest BCUT2D eigenvalue weighted by Crippen LogP contribution is -2.51. The summed E-state index contributed by atoms with van der Waals surface area (Å²) in [4.78, 5) is -3.10. The van der Waals surface area contributed by atoms with E-state index in [1.165, 1.54) is 0 Å². The molecule has 0 aliphatic carbocycles. The zero-order valence-electron chi connectivity index (χ0n) is 5.62. The highest BCUT2D eigenvalue weighted by Crippen LogP contribution is 2.41. The van der Waals surface area contributed by atoms with Gasteiger partial charge in [-0.15, -0.1) is 0 Å². The van der Waals surface area contributed by atoms with E-state index in [4.69, 9.17) is 11.6 Å². The minimum Gasteiger partial charge on any atom is -0.360 e. The molecule has 0 saturated heterocycles. The monoisotopic (exact) mass is 201 g/mol. The summed E-state index contributed by atoms with van der Waals surface area (Å²) in [5, 5.41) is 1.70. The summed E-state index contributed by atoms with van der Waals surface area (Å²) in [6.45, 7) is 0. The van der Waals surface area contributed by atoms with Crippen molar-refractivity contribution in [3.63, 3.8) is 0 Å². The van der Waals surface area contributed by atoms with Crippen molar-refractivity contribution in [3.05, 3.63) is 24.2 Å². The molecule has 0 radical (unpaired) electrons. The van der Waals surface area contributed by atoms with Gasteiger partial charge in [0.05, 0.1) is 0 Å². The second kappa shape index (κ2) is 2.65. The Morgan fingerprint density at radius 1 is 1.42 bits per heavy atom. The summed E-state index contributed by atoms with van der Waals surface area (Å²) in [6.07, 6.45) is -2.16. The van der Waals surface area contributed by atoms with Crippen LogP contribution in [0.1, 0.15) is 0 Å². The van der Waals surface area contributed by atoms with E-state index in [1.807, 2.05) is 0 Å². The Bertz CT molecular complexity index is 244. The molecule has 1 aliphatic rings. The van der Waals surface area contributed by atoms with Crippen molar-refractivity contribution in [2.24, 2.45) is 0 Å². The highest BCUT2D eigenvalue weighted by molar-refractivity contribution is 6.26. The average Bonchev–Trinajstić information content (AvgIpc) is 1.93. The molecule has 1 atom stereocenters. The Morgan fingerprint density at radius 3 is 2.33 bits per heavy atom. The molecule has 1 aliphatic heterocycles. The van der Waals surface area contributed by atoms with E-state index in [-0.39, 0.29) is 0 Å². The van der Waals surface area contributed by atoms with Crippen LogP contribution in [0.3, 0.4) is 0 Å². The molecule has 1 nitrogen and oxygen atoms in total. The van der Waals surface area contributed by atoms with Gasteiger partial charge in [-0.3, -0.25) is 0 Å². The van der Waals surface area contributed by atoms with E-state index in [1.54, 1.807) is 5.32 Å². The standard InChI is InChI=1S/C6H4ClF4N/c7-5(6(9,10)11)4(8)2-1-3-12-5/h1-3,12H. The van der Waals surface area contributed by atoms with Gasteiger partial charge >= 0.3 is 6.18 Å². The number of hydrogen-bond donors (Lipinski definition) is 1. The van der Waals surface area contributed by atoms with E-state index in [0.29, 0.717) is 6.08 Å². The second-order valence-corrected chi connectivity index (χ2v) is 2.74. The molecule has 0 saturated carbocycles. The number of nitrogens with one attached hydrogen (secondary N) is 1. The number of dihydropyridines is 1. The first-order valence-corrected chi connectivity index (χ1v) is 3.32. The molecule has 68 valence electrons. The van der Waals surface area contributed by atoms with Crippen LogP contribution in [-0.4, -0.2) is 11.2 Å². The van der Waals surface area contributed by atoms with Gasteiger partial charge in [0.15, 0.2) is 5.83 Å². The quantitative estimate of drug-likeness (QED) is 0.361. The van der Waals surface area contributed by atoms with Crippen molar-refractivity contribution in [2.45, 2.75) is 11.2 Å². The average molecular weight is 202 g/mol. The van der Waals surface area contributed by atoms with Crippen molar-refractivity contribution in [1.29, 1.82) is 0 Å². The first kappa shape index (κ1) is 9.38. The molecular formula is C6H4ClF4N. The minimum atomic E-state index is -4.86. The van der Waals surface area contributed by atoms with Crippen LogP contribution in [0.15, 0.2) is 24.2 Å². The molecule has 0 bridgehead atoms. The molecule has 1 unspecified atom stereocenters. The zero-order valence-corrected chi connectivity index (χ0v) is 6.38. The molecular weight excluding hydrogens is 198 g/mol. The summed E-state index contributed by atoms with van der Waals surface area (Å²) >= 11 is 4.97. The van der Waals surface area contributed by atoms with Gasteiger partial charge in [0.2, 0.25) is 0 Å². The van der Waals surface area contributed by atoms with Crippen LogP contribution in [-0.2, 0) is 0 Å². The Morgan fingerprint density at radius 2 is 2.00 bits per heavy atom. The van der Waals surface area contributed by atoms with Gasteiger partial charge in [-0.25, -0.2) is 4.39 Å². The molecule has 0 aromatic rings.